The van der Waals surface area contributed by atoms with Gasteiger partial charge in [-0.15, -0.1) is 0 Å². The molecule has 1 saturated heterocycles. The molecule has 2 heterocycles. The normalized spacial score (nSPS) is 15.8. The van der Waals surface area contributed by atoms with Gasteiger partial charge in [-0.2, -0.15) is 0 Å². The Morgan fingerprint density at radius 3 is 2.36 bits per heavy atom. The number of hydrogen-bond acceptors (Lipinski definition) is 4. The molecule has 0 unspecified atom stereocenters. The molecule has 1 fully saturated rings. The first kappa shape index (κ1) is 15.0. The maximum absolute atomic E-state index is 10.8. The fourth-order valence-electron chi connectivity index (χ4n) is 2.77. The summed E-state index contributed by atoms with van der Waals surface area (Å²) in [4.78, 5) is 21.1. The van der Waals surface area contributed by atoms with Crippen LogP contribution < -0.4 is 4.90 Å². The number of carbonyl (C=O) groups is 1. The van der Waals surface area contributed by atoms with E-state index in [1.165, 1.54) is 11.8 Å². The van der Waals surface area contributed by atoms with Crippen LogP contribution in [0.4, 0.5) is 5.82 Å². The maximum Gasteiger partial charge on any atom is 0.356 e. The Hall–Kier alpha value is -1.95. The Balaban J connectivity index is 1.63. The van der Waals surface area contributed by atoms with Crippen molar-refractivity contribution in [3.63, 3.8) is 0 Å². The minimum atomic E-state index is -1.05. The Morgan fingerprint density at radius 1 is 1.14 bits per heavy atom. The summed E-state index contributed by atoms with van der Waals surface area (Å²) in [6.45, 7) is 1.81. The third-order valence-corrected chi connectivity index (χ3v) is 4.55. The van der Waals surface area contributed by atoms with E-state index in [4.69, 9.17) is 5.11 Å². The second-order valence-electron chi connectivity index (χ2n) is 5.38. The third kappa shape index (κ3) is 3.27. The number of halogens is 1. The average Bonchev–Trinajstić information content (AvgIpc) is 2.56. The number of anilines is 1. The largest absolute Gasteiger partial charge is 0.476 e. The second-order valence-corrected chi connectivity index (χ2v) is 6.29. The van der Waals surface area contributed by atoms with Gasteiger partial charge in [0.15, 0.2) is 5.69 Å². The molecule has 1 aromatic heterocycles. The fourth-order valence-corrected chi connectivity index (χ4v) is 3.04. The molecular formula is C16H16BrN3O2. The molecular weight excluding hydrogens is 346 g/mol. The summed E-state index contributed by atoms with van der Waals surface area (Å²) in [5.74, 6) is 0.267. The van der Waals surface area contributed by atoms with Gasteiger partial charge in [0.2, 0.25) is 0 Å². The second kappa shape index (κ2) is 6.44. The molecule has 1 N–H and O–H groups in total. The fraction of sp³-hybridized carbons (Fsp3) is 0.312. The molecule has 3 rings (SSSR count). The van der Waals surface area contributed by atoms with Gasteiger partial charge in [-0.1, -0.05) is 28.1 Å². The number of aromatic carboxylic acids is 1. The molecule has 2 aromatic rings. The van der Waals surface area contributed by atoms with E-state index in [1.54, 1.807) is 6.20 Å². The van der Waals surface area contributed by atoms with E-state index in [0.717, 1.165) is 36.2 Å². The first-order valence-corrected chi connectivity index (χ1v) is 7.98. The highest BCUT2D eigenvalue weighted by Crippen LogP contribution is 2.30. The number of carboxylic acids is 1. The van der Waals surface area contributed by atoms with Crippen LogP contribution in [0.2, 0.25) is 0 Å². The molecule has 1 aliphatic rings. The average molecular weight is 362 g/mol. The molecule has 0 saturated carbocycles. The molecule has 1 aliphatic heterocycles. The SMILES string of the molecule is O=C(O)c1cnc(N2CCC(c3ccc(Br)cc3)CC2)cn1. The number of piperidine rings is 1. The van der Waals surface area contributed by atoms with Gasteiger partial charge in [-0.25, -0.2) is 14.8 Å². The molecule has 5 nitrogen and oxygen atoms in total. The van der Waals surface area contributed by atoms with E-state index in [0.29, 0.717) is 5.92 Å². The van der Waals surface area contributed by atoms with E-state index in [-0.39, 0.29) is 5.69 Å². The lowest BCUT2D eigenvalue weighted by atomic mass is 9.89. The van der Waals surface area contributed by atoms with Crippen molar-refractivity contribution in [2.45, 2.75) is 18.8 Å². The zero-order chi connectivity index (χ0) is 15.5. The Morgan fingerprint density at radius 2 is 1.82 bits per heavy atom. The molecule has 0 radical (unpaired) electrons. The number of aromatic nitrogens is 2. The first-order valence-electron chi connectivity index (χ1n) is 7.19. The van der Waals surface area contributed by atoms with Crippen molar-refractivity contribution in [2.24, 2.45) is 0 Å². The molecule has 0 bridgehead atoms. The highest BCUT2D eigenvalue weighted by molar-refractivity contribution is 9.10. The van der Waals surface area contributed by atoms with Gasteiger partial charge in [-0.3, -0.25) is 0 Å². The summed E-state index contributed by atoms with van der Waals surface area (Å²) in [5.41, 5.74) is 1.35. The van der Waals surface area contributed by atoms with Crippen molar-refractivity contribution >= 4 is 27.7 Å². The number of rotatable bonds is 3. The van der Waals surface area contributed by atoms with Crippen LogP contribution in [0.1, 0.15) is 34.8 Å². The van der Waals surface area contributed by atoms with Gasteiger partial charge in [0, 0.05) is 17.6 Å². The van der Waals surface area contributed by atoms with Crippen LogP contribution in [0.15, 0.2) is 41.1 Å². The van der Waals surface area contributed by atoms with Crippen LogP contribution in [-0.4, -0.2) is 34.1 Å². The molecule has 1 aromatic carbocycles. The lowest BCUT2D eigenvalue weighted by Gasteiger charge is -2.32. The van der Waals surface area contributed by atoms with Crippen LogP contribution in [0.5, 0.6) is 0 Å². The number of nitrogens with zero attached hydrogens (tertiary/aromatic N) is 3. The predicted molar refractivity (Wildman–Crippen MR) is 87.3 cm³/mol. The maximum atomic E-state index is 10.8. The quantitative estimate of drug-likeness (QED) is 0.907. The third-order valence-electron chi connectivity index (χ3n) is 4.02. The van der Waals surface area contributed by atoms with Crippen molar-refractivity contribution in [1.29, 1.82) is 0 Å². The molecule has 22 heavy (non-hydrogen) atoms. The van der Waals surface area contributed by atoms with Crippen molar-refractivity contribution in [3.05, 3.63) is 52.4 Å². The highest BCUT2D eigenvalue weighted by Gasteiger charge is 2.21. The van der Waals surface area contributed by atoms with Crippen molar-refractivity contribution in [3.8, 4) is 0 Å². The number of hydrogen-bond donors (Lipinski definition) is 1. The smallest absolute Gasteiger partial charge is 0.356 e. The first-order chi connectivity index (χ1) is 10.6. The Kier molecular flexibility index (Phi) is 4.38. The minimum Gasteiger partial charge on any atom is -0.476 e. The number of carboxylic acid groups (broad SMARTS) is 1. The molecule has 0 amide bonds. The lowest BCUT2D eigenvalue weighted by molar-refractivity contribution is 0.0690. The summed E-state index contributed by atoms with van der Waals surface area (Å²) in [6.07, 6.45) is 4.98. The molecule has 0 atom stereocenters. The lowest BCUT2D eigenvalue weighted by Crippen LogP contribution is -2.33. The molecule has 0 aliphatic carbocycles. The topological polar surface area (TPSA) is 66.3 Å². The van der Waals surface area contributed by atoms with Gasteiger partial charge in [-0.05, 0) is 36.5 Å². The van der Waals surface area contributed by atoms with Gasteiger partial charge in [0.25, 0.3) is 0 Å². The molecule has 114 valence electrons. The van der Waals surface area contributed by atoms with Crippen LogP contribution in [0.25, 0.3) is 0 Å². The van der Waals surface area contributed by atoms with Crippen molar-refractivity contribution in [2.75, 3.05) is 18.0 Å². The van der Waals surface area contributed by atoms with Crippen LogP contribution in [0, 0.1) is 0 Å². The Labute approximate surface area is 137 Å². The zero-order valence-corrected chi connectivity index (χ0v) is 13.5. The van der Waals surface area contributed by atoms with Gasteiger partial charge < -0.3 is 10.0 Å². The van der Waals surface area contributed by atoms with E-state index in [1.807, 2.05) is 0 Å². The van der Waals surface area contributed by atoms with Gasteiger partial charge in [0.05, 0.1) is 12.4 Å². The summed E-state index contributed by atoms with van der Waals surface area (Å²) < 4.78 is 1.10. The summed E-state index contributed by atoms with van der Waals surface area (Å²) in [6, 6.07) is 8.51. The standard InChI is InChI=1S/C16H16BrN3O2/c17-13-3-1-11(2-4-13)12-5-7-20(8-6-12)15-10-18-14(9-19-15)16(21)22/h1-4,9-10,12H,5-8H2,(H,21,22). The zero-order valence-electron chi connectivity index (χ0n) is 11.9. The van der Waals surface area contributed by atoms with Crippen LogP contribution in [-0.2, 0) is 0 Å². The molecule has 6 heteroatoms. The van der Waals surface area contributed by atoms with Gasteiger partial charge in [0.1, 0.15) is 5.82 Å². The van der Waals surface area contributed by atoms with E-state index < -0.39 is 5.97 Å². The summed E-state index contributed by atoms with van der Waals surface area (Å²) >= 11 is 3.46. The predicted octanol–water partition coefficient (Wildman–Crippen LogP) is 3.32. The van der Waals surface area contributed by atoms with Gasteiger partial charge >= 0.3 is 5.97 Å². The highest BCUT2D eigenvalue weighted by atomic mass is 79.9. The summed E-state index contributed by atoms with van der Waals surface area (Å²) in [5, 5.41) is 8.85. The van der Waals surface area contributed by atoms with E-state index in [2.05, 4.69) is 55.1 Å². The Bertz CT molecular complexity index is 650. The van der Waals surface area contributed by atoms with Crippen molar-refractivity contribution < 1.29 is 9.90 Å². The van der Waals surface area contributed by atoms with Crippen molar-refractivity contribution in [1.82, 2.24) is 9.97 Å². The number of benzene rings is 1. The molecule has 0 spiro atoms. The van der Waals surface area contributed by atoms with Crippen LogP contribution in [0.3, 0.4) is 0 Å². The monoisotopic (exact) mass is 361 g/mol. The van der Waals surface area contributed by atoms with E-state index >= 15 is 0 Å². The minimum absolute atomic E-state index is 0.0199. The van der Waals surface area contributed by atoms with E-state index in [9.17, 15) is 4.79 Å². The van der Waals surface area contributed by atoms with Crippen LogP contribution >= 0.6 is 15.9 Å². The summed E-state index contributed by atoms with van der Waals surface area (Å²) in [7, 11) is 0.